The highest BCUT2D eigenvalue weighted by molar-refractivity contribution is 8.00. The molecule has 1 heterocycles. The van der Waals surface area contributed by atoms with Crippen LogP contribution in [-0.2, 0) is 4.79 Å². The molecule has 0 radical (unpaired) electrons. The Bertz CT molecular complexity index is 1160. The van der Waals surface area contributed by atoms with Crippen molar-refractivity contribution < 1.29 is 14.3 Å². The zero-order valence-corrected chi connectivity index (χ0v) is 20.7. The van der Waals surface area contributed by atoms with Gasteiger partial charge in [0.25, 0.3) is 5.91 Å². The fraction of sp³-hybridized carbons (Fsp3) is 0.286. The van der Waals surface area contributed by atoms with Crippen molar-refractivity contribution in [1.82, 2.24) is 0 Å². The third-order valence-electron chi connectivity index (χ3n) is 5.97. The Morgan fingerprint density at radius 1 is 1.03 bits per heavy atom. The molecular weight excluding hydrogens is 444 g/mol. The first-order valence-corrected chi connectivity index (χ1v) is 12.7. The number of ether oxygens (including phenoxy) is 1. The lowest BCUT2D eigenvalue weighted by Gasteiger charge is -2.25. The van der Waals surface area contributed by atoms with Crippen LogP contribution in [0, 0.1) is 13.8 Å². The van der Waals surface area contributed by atoms with Crippen molar-refractivity contribution >= 4 is 35.0 Å². The van der Waals surface area contributed by atoms with E-state index < -0.39 is 0 Å². The van der Waals surface area contributed by atoms with Gasteiger partial charge < -0.3 is 10.1 Å². The minimum absolute atomic E-state index is 0.0837. The lowest BCUT2D eigenvalue weighted by Crippen LogP contribution is -2.27. The second-order valence-electron chi connectivity index (χ2n) is 8.50. The summed E-state index contributed by atoms with van der Waals surface area (Å²) >= 11 is 1.62. The summed E-state index contributed by atoms with van der Waals surface area (Å²) < 4.78 is 5.66. The number of hydrogen-bond donors (Lipinski definition) is 1. The molecule has 176 valence electrons. The summed E-state index contributed by atoms with van der Waals surface area (Å²) in [4.78, 5) is 27.2. The van der Waals surface area contributed by atoms with Gasteiger partial charge in [-0.15, -0.1) is 11.8 Å². The average molecular weight is 475 g/mol. The molecule has 5 nitrogen and oxygen atoms in total. The van der Waals surface area contributed by atoms with E-state index in [0.717, 1.165) is 29.8 Å². The number of thioether (sulfide) groups is 1. The largest absolute Gasteiger partial charge is 0.494 e. The molecule has 1 aliphatic heterocycles. The Morgan fingerprint density at radius 3 is 2.44 bits per heavy atom. The van der Waals surface area contributed by atoms with E-state index in [2.05, 4.69) is 38.2 Å². The molecule has 4 rings (SSSR count). The number of nitrogens with zero attached hydrogens (tertiary/aromatic N) is 1. The van der Waals surface area contributed by atoms with Gasteiger partial charge in [-0.05, 0) is 85.5 Å². The van der Waals surface area contributed by atoms with Gasteiger partial charge in [0.2, 0.25) is 5.91 Å². The van der Waals surface area contributed by atoms with E-state index in [4.69, 9.17) is 4.74 Å². The van der Waals surface area contributed by atoms with Crippen molar-refractivity contribution in [3.63, 3.8) is 0 Å². The summed E-state index contributed by atoms with van der Waals surface area (Å²) in [5.41, 5.74) is 5.61. The summed E-state index contributed by atoms with van der Waals surface area (Å²) in [7, 11) is 0. The van der Waals surface area contributed by atoms with E-state index in [1.165, 1.54) is 11.1 Å². The molecule has 1 N–H and O–H groups in total. The van der Waals surface area contributed by atoms with Crippen LogP contribution in [0.15, 0.2) is 66.7 Å². The third kappa shape index (κ3) is 5.45. The van der Waals surface area contributed by atoms with Gasteiger partial charge in [-0.2, -0.15) is 0 Å². The number of amides is 2. The van der Waals surface area contributed by atoms with Crippen LogP contribution < -0.4 is 15.0 Å². The maximum absolute atomic E-state index is 12.7. The molecule has 1 fully saturated rings. The Kier molecular flexibility index (Phi) is 7.58. The number of nitrogens with one attached hydrogen (secondary N) is 1. The third-order valence-corrected chi connectivity index (χ3v) is 7.19. The zero-order chi connectivity index (χ0) is 24.1. The molecule has 0 aromatic heterocycles. The molecular formula is C28H30N2O3S. The van der Waals surface area contributed by atoms with Gasteiger partial charge in [0.05, 0.1) is 12.4 Å². The number of carbonyl (C=O) groups excluding carboxylic acids is 2. The number of benzene rings is 3. The van der Waals surface area contributed by atoms with E-state index >= 15 is 0 Å². The zero-order valence-electron chi connectivity index (χ0n) is 19.8. The fourth-order valence-corrected chi connectivity index (χ4v) is 4.97. The van der Waals surface area contributed by atoms with Gasteiger partial charge in [0.15, 0.2) is 0 Å². The normalized spacial score (nSPS) is 15.4. The Morgan fingerprint density at radius 2 is 1.76 bits per heavy atom. The van der Waals surface area contributed by atoms with E-state index in [0.29, 0.717) is 23.6 Å². The van der Waals surface area contributed by atoms with Crippen LogP contribution in [0.5, 0.6) is 5.75 Å². The van der Waals surface area contributed by atoms with Crippen LogP contribution in [-0.4, -0.2) is 24.2 Å². The number of unbranched alkanes of at least 4 members (excludes halogenated alkanes) is 1. The quantitative estimate of drug-likeness (QED) is 0.378. The van der Waals surface area contributed by atoms with E-state index in [1.54, 1.807) is 23.9 Å². The van der Waals surface area contributed by atoms with Crippen LogP contribution in [0.3, 0.4) is 0 Å². The van der Waals surface area contributed by atoms with Crippen LogP contribution >= 0.6 is 11.8 Å². The fourth-order valence-electron chi connectivity index (χ4n) is 3.80. The van der Waals surface area contributed by atoms with Crippen molar-refractivity contribution in [1.29, 1.82) is 0 Å². The summed E-state index contributed by atoms with van der Waals surface area (Å²) in [5.74, 6) is 1.16. The number of rotatable bonds is 8. The first-order chi connectivity index (χ1) is 16.5. The van der Waals surface area contributed by atoms with Crippen LogP contribution in [0.1, 0.15) is 52.2 Å². The molecule has 1 atom stereocenters. The first-order valence-electron chi connectivity index (χ1n) is 11.6. The van der Waals surface area contributed by atoms with Gasteiger partial charge in [-0.25, -0.2) is 0 Å². The van der Waals surface area contributed by atoms with Gasteiger partial charge in [-0.3, -0.25) is 14.5 Å². The highest BCUT2D eigenvalue weighted by Crippen LogP contribution is 2.42. The van der Waals surface area contributed by atoms with Crippen molar-refractivity contribution in [2.75, 3.05) is 22.6 Å². The lowest BCUT2D eigenvalue weighted by atomic mass is 10.1. The summed E-state index contributed by atoms with van der Waals surface area (Å²) in [5, 5.41) is 2.86. The summed E-state index contributed by atoms with van der Waals surface area (Å²) in [6.07, 6.45) is 2.09. The topological polar surface area (TPSA) is 58.6 Å². The molecule has 1 aliphatic rings. The number of hydrogen-bond acceptors (Lipinski definition) is 4. The Hall–Kier alpha value is -3.25. The van der Waals surface area contributed by atoms with Crippen molar-refractivity contribution in [3.05, 3.63) is 89.0 Å². The summed E-state index contributed by atoms with van der Waals surface area (Å²) in [6.45, 7) is 6.93. The number of anilines is 2. The molecule has 3 aromatic rings. The smallest absolute Gasteiger partial charge is 0.255 e. The van der Waals surface area contributed by atoms with Gasteiger partial charge in [0.1, 0.15) is 11.1 Å². The predicted octanol–water partition coefficient (Wildman–Crippen LogP) is 6.51. The standard InChI is InChI=1S/C28H30N2O3S/c1-4-5-16-33-25-14-9-21(10-15-25)27(32)29-23-11-7-22(8-12-23)28-30(26(31)18-34-28)24-13-6-19(2)20(3)17-24/h6-15,17,28H,4-5,16,18H2,1-3H3,(H,29,32)/t28-/m0/s1. The van der Waals surface area contributed by atoms with E-state index in [1.807, 2.05) is 47.4 Å². The Balaban J connectivity index is 1.42. The maximum atomic E-state index is 12.7. The second-order valence-corrected chi connectivity index (χ2v) is 9.57. The van der Waals surface area contributed by atoms with Crippen molar-refractivity contribution in [3.8, 4) is 5.75 Å². The SMILES string of the molecule is CCCCOc1ccc(C(=O)Nc2ccc([C@@H]3SCC(=O)N3c3ccc(C)c(C)c3)cc2)cc1. The maximum Gasteiger partial charge on any atom is 0.255 e. The lowest BCUT2D eigenvalue weighted by molar-refractivity contribution is -0.115. The molecule has 0 unspecified atom stereocenters. The predicted molar refractivity (Wildman–Crippen MR) is 140 cm³/mol. The van der Waals surface area contributed by atoms with Crippen molar-refractivity contribution in [2.45, 2.75) is 39.0 Å². The van der Waals surface area contributed by atoms with Gasteiger partial charge in [0, 0.05) is 16.9 Å². The van der Waals surface area contributed by atoms with Gasteiger partial charge >= 0.3 is 0 Å². The molecule has 0 spiro atoms. The minimum atomic E-state index is -0.171. The molecule has 1 saturated heterocycles. The van der Waals surface area contributed by atoms with Crippen LogP contribution in [0.4, 0.5) is 11.4 Å². The molecule has 34 heavy (non-hydrogen) atoms. The molecule has 0 bridgehead atoms. The first kappa shape index (κ1) is 23.9. The highest BCUT2D eigenvalue weighted by atomic mass is 32.2. The summed E-state index contributed by atoms with van der Waals surface area (Å²) in [6, 6.07) is 21.0. The van der Waals surface area contributed by atoms with Crippen LogP contribution in [0.2, 0.25) is 0 Å². The monoisotopic (exact) mass is 474 g/mol. The highest BCUT2D eigenvalue weighted by Gasteiger charge is 2.34. The molecule has 6 heteroatoms. The molecule has 2 amide bonds. The van der Waals surface area contributed by atoms with Crippen molar-refractivity contribution in [2.24, 2.45) is 0 Å². The molecule has 0 aliphatic carbocycles. The molecule has 3 aromatic carbocycles. The number of aryl methyl sites for hydroxylation is 2. The Labute approximate surface area is 205 Å². The number of carbonyl (C=O) groups is 2. The second kappa shape index (κ2) is 10.8. The van der Waals surface area contributed by atoms with E-state index in [9.17, 15) is 9.59 Å². The average Bonchev–Trinajstić information content (AvgIpc) is 3.23. The van der Waals surface area contributed by atoms with Gasteiger partial charge in [-0.1, -0.05) is 31.5 Å². The van der Waals surface area contributed by atoms with E-state index in [-0.39, 0.29) is 17.2 Å². The van der Waals surface area contributed by atoms with Crippen LogP contribution in [0.25, 0.3) is 0 Å². The molecule has 0 saturated carbocycles. The minimum Gasteiger partial charge on any atom is -0.494 e.